The summed E-state index contributed by atoms with van der Waals surface area (Å²) in [5.74, 6) is -0.751. The first-order valence-electron chi connectivity index (χ1n) is 8.08. The van der Waals surface area contributed by atoms with Gasteiger partial charge in [-0.3, -0.25) is 4.79 Å². The standard InChI is InChI=1S/C19H23NO5/c1-3-19(23,11-17(21)22)16-9-10-20-18(24-2)15(16)13-25-12-14-7-5-4-6-8-14/h4-10,23H,3,11-13H2,1-2H3,(H,21,22). The van der Waals surface area contributed by atoms with Crippen LogP contribution in [0.1, 0.15) is 36.5 Å². The van der Waals surface area contributed by atoms with Crippen molar-refractivity contribution in [3.05, 3.63) is 59.3 Å². The molecule has 134 valence electrons. The van der Waals surface area contributed by atoms with Crippen molar-refractivity contribution in [2.75, 3.05) is 7.11 Å². The van der Waals surface area contributed by atoms with Gasteiger partial charge in [-0.05, 0) is 23.6 Å². The van der Waals surface area contributed by atoms with E-state index in [4.69, 9.17) is 14.6 Å². The van der Waals surface area contributed by atoms with Crippen molar-refractivity contribution in [2.24, 2.45) is 0 Å². The smallest absolute Gasteiger partial charge is 0.306 e. The van der Waals surface area contributed by atoms with Crippen molar-refractivity contribution < 1.29 is 24.5 Å². The molecule has 25 heavy (non-hydrogen) atoms. The lowest BCUT2D eigenvalue weighted by molar-refractivity contribution is -0.143. The molecule has 0 saturated heterocycles. The van der Waals surface area contributed by atoms with Gasteiger partial charge in [0.15, 0.2) is 0 Å². The summed E-state index contributed by atoms with van der Waals surface area (Å²) in [4.78, 5) is 15.3. The third kappa shape index (κ3) is 4.78. The summed E-state index contributed by atoms with van der Waals surface area (Å²) in [5.41, 5.74) is 0.542. The predicted octanol–water partition coefficient (Wildman–Crippen LogP) is 2.88. The number of carboxylic acid groups (broad SMARTS) is 1. The fourth-order valence-corrected chi connectivity index (χ4v) is 2.73. The SMILES string of the molecule is CCC(O)(CC(=O)O)c1ccnc(OC)c1COCc1ccccc1. The van der Waals surface area contributed by atoms with E-state index in [0.29, 0.717) is 23.6 Å². The van der Waals surface area contributed by atoms with Gasteiger partial charge < -0.3 is 19.7 Å². The molecule has 0 amide bonds. The van der Waals surface area contributed by atoms with Crippen LogP contribution in [0.4, 0.5) is 0 Å². The van der Waals surface area contributed by atoms with Crippen molar-refractivity contribution in [1.82, 2.24) is 4.98 Å². The van der Waals surface area contributed by atoms with Gasteiger partial charge in [-0.25, -0.2) is 4.98 Å². The number of aliphatic carboxylic acids is 1. The minimum Gasteiger partial charge on any atom is -0.481 e. The fraction of sp³-hybridized carbons (Fsp3) is 0.368. The van der Waals surface area contributed by atoms with Gasteiger partial charge in [-0.1, -0.05) is 37.3 Å². The Kier molecular flexibility index (Phi) is 6.50. The normalized spacial score (nSPS) is 13.2. The number of aliphatic hydroxyl groups is 1. The van der Waals surface area contributed by atoms with Crippen LogP contribution in [0.25, 0.3) is 0 Å². The number of ether oxygens (including phenoxy) is 2. The molecule has 1 unspecified atom stereocenters. The van der Waals surface area contributed by atoms with E-state index < -0.39 is 18.0 Å². The molecule has 0 aliphatic heterocycles. The van der Waals surface area contributed by atoms with Crippen LogP contribution in [-0.4, -0.2) is 28.3 Å². The van der Waals surface area contributed by atoms with Crippen LogP contribution in [0.3, 0.4) is 0 Å². The van der Waals surface area contributed by atoms with Gasteiger partial charge >= 0.3 is 5.97 Å². The number of aromatic nitrogens is 1. The maximum atomic E-state index is 11.2. The van der Waals surface area contributed by atoms with Crippen LogP contribution in [0.5, 0.6) is 5.88 Å². The van der Waals surface area contributed by atoms with Crippen LogP contribution >= 0.6 is 0 Å². The number of nitrogens with zero attached hydrogens (tertiary/aromatic N) is 1. The zero-order valence-corrected chi connectivity index (χ0v) is 14.4. The number of rotatable bonds is 9. The molecule has 0 spiro atoms. The molecular formula is C19H23NO5. The second-order valence-corrected chi connectivity index (χ2v) is 5.78. The number of carbonyl (C=O) groups is 1. The first kappa shape index (κ1) is 18.9. The minimum absolute atomic E-state index is 0.156. The summed E-state index contributed by atoms with van der Waals surface area (Å²) in [6.45, 7) is 2.29. The van der Waals surface area contributed by atoms with Crippen LogP contribution in [0.2, 0.25) is 0 Å². The lowest BCUT2D eigenvalue weighted by atomic mass is 9.85. The highest BCUT2D eigenvalue weighted by atomic mass is 16.5. The highest BCUT2D eigenvalue weighted by Crippen LogP contribution is 2.35. The number of hydrogen-bond donors (Lipinski definition) is 2. The topological polar surface area (TPSA) is 88.9 Å². The van der Waals surface area contributed by atoms with Gasteiger partial charge in [-0.15, -0.1) is 0 Å². The van der Waals surface area contributed by atoms with Crippen LogP contribution in [0.15, 0.2) is 42.6 Å². The van der Waals surface area contributed by atoms with Crippen molar-refractivity contribution >= 4 is 5.97 Å². The monoisotopic (exact) mass is 345 g/mol. The van der Waals surface area contributed by atoms with E-state index in [0.717, 1.165) is 5.56 Å². The van der Waals surface area contributed by atoms with E-state index >= 15 is 0 Å². The summed E-state index contributed by atoms with van der Waals surface area (Å²) in [6.07, 6.45) is 1.35. The summed E-state index contributed by atoms with van der Waals surface area (Å²) >= 11 is 0. The van der Waals surface area contributed by atoms with E-state index in [2.05, 4.69) is 4.98 Å². The highest BCUT2D eigenvalue weighted by Gasteiger charge is 2.34. The molecule has 0 fully saturated rings. The fourth-order valence-electron chi connectivity index (χ4n) is 2.73. The second-order valence-electron chi connectivity index (χ2n) is 5.78. The third-order valence-electron chi connectivity index (χ3n) is 4.10. The largest absolute Gasteiger partial charge is 0.481 e. The first-order chi connectivity index (χ1) is 12.0. The molecular weight excluding hydrogens is 322 g/mol. The zero-order valence-electron chi connectivity index (χ0n) is 14.4. The summed E-state index contributed by atoms with van der Waals surface area (Å²) in [6, 6.07) is 11.3. The third-order valence-corrected chi connectivity index (χ3v) is 4.10. The molecule has 1 aromatic heterocycles. The van der Waals surface area contributed by atoms with E-state index in [1.165, 1.54) is 13.3 Å². The van der Waals surface area contributed by atoms with Gasteiger partial charge in [-0.2, -0.15) is 0 Å². The molecule has 0 aliphatic carbocycles. The van der Waals surface area contributed by atoms with E-state index in [9.17, 15) is 9.90 Å². The number of benzene rings is 1. The van der Waals surface area contributed by atoms with Crippen molar-refractivity contribution in [3.8, 4) is 5.88 Å². The summed E-state index contributed by atoms with van der Waals surface area (Å²) < 4.78 is 11.0. The predicted molar refractivity (Wildman–Crippen MR) is 92.2 cm³/mol. The maximum Gasteiger partial charge on any atom is 0.306 e. The van der Waals surface area contributed by atoms with Gasteiger partial charge in [0.2, 0.25) is 5.88 Å². The Bertz CT molecular complexity index is 704. The van der Waals surface area contributed by atoms with Gasteiger partial charge in [0.05, 0.1) is 26.7 Å². The van der Waals surface area contributed by atoms with E-state index in [-0.39, 0.29) is 13.0 Å². The Balaban J connectivity index is 2.27. The van der Waals surface area contributed by atoms with Crippen LogP contribution < -0.4 is 4.74 Å². The lowest BCUT2D eigenvalue weighted by Gasteiger charge is -2.28. The zero-order chi connectivity index (χ0) is 18.3. The summed E-state index contributed by atoms with van der Waals surface area (Å²) in [7, 11) is 1.48. The first-order valence-corrected chi connectivity index (χ1v) is 8.08. The number of methoxy groups -OCH3 is 1. The minimum atomic E-state index is -1.51. The van der Waals surface area contributed by atoms with Gasteiger partial charge in [0.1, 0.15) is 5.60 Å². The number of carboxylic acids is 1. The Morgan fingerprint density at radius 1 is 1.20 bits per heavy atom. The molecule has 2 aromatic rings. The summed E-state index contributed by atoms with van der Waals surface area (Å²) in [5, 5.41) is 20.0. The average molecular weight is 345 g/mol. The maximum absolute atomic E-state index is 11.2. The molecule has 1 aromatic carbocycles. The van der Waals surface area contributed by atoms with Crippen molar-refractivity contribution in [3.63, 3.8) is 0 Å². The second kappa shape index (κ2) is 8.60. The van der Waals surface area contributed by atoms with E-state index in [1.807, 2.05) is 30.3 Å². The molecule has 0 bridgehead atoms. The Morgan fingerprint density at radius 2 is 1.92 bits per heavy atom. The molecule has 1 heterocycles. The van der Waals surface area contributed by atoms with E-state index in [1.54, 1.807) is 13.0 Å². The van der Waals surface area contributed by atoms with Crippen molar-refractivity contribution in [1.29, 1.82) is 0 Å². The number of pyridine rings is 1. The molecule has 6 heteroatoms. The lowest BCUT2D eigenvalue weighted by Crippen LogP contribution is -2.30. The van der Waals surface area contributed by atoms with Gasteiger partial charge in [0.25, 0.3) is 0 Å². The Labute approximate surface area is 147 Å². The molecule has 6 nitrogen and oxygen atoms in total. The average Bonchev–Trinajstić information content (AvgIpc) is 2.62. The Hall–Kier alpha value is -2.44. The molecule has 2 N–H and O–H groups in total. The Morgan fingerprint density at radius 3 is 2.52 bits per heavy atom. The molecule has 0 radical (unpaired) electrons. The molecule has 2 rings (SSSR count). The van der Waals surface area contributed by atoms with Crippen LogP contribution in [-0.2, 0) is 28.3 Å². The number of hydrogen-bond acceptors (Lipinski definition) is 5. The molecule has 0 saturated carbocycles. The molecule has 1 atom stereocenters. The highest BCUT2D eigenvalue weighted by molar-refractivity contribution is 5.68. The quantitative estimate of drug-likeness (QED) is 0.726. The molecule has 0 aliphatic rings. The van der Waals surface area contributed by atoms with Crippen molar-refractivity contribution in [2.45, 2.75) is 38.6 Å². The van der Waals surface area contributed by atoms with Crippen LogP contribution in [0, 0.1) is 0 Å². The van der Waals surface area contributed by atoms with Gasteiger partial charge in [0, 0.05) is 11.8 Å².